The van der Waals surface area contributed by atoms with Crippen LogP contribution in [0.25, 0.3) is 22.5 Å². The molecule has 3 aromatic heterocycles. The molecular weight excluding hydrogens is 448 g/mol. The van der Waals surface area contributed by atoms with Crippen molar-refractivity contribution in [3.8, 4) is 16.9 Å². The van der Waals surface area contributed by atoms with E-state index in [0.29, 0.717) is 28.4 Å². The Labute approximate surface area is 198 Å². The molecule has 11 nitrogen and oxygen atoms in total. The number of aryl methyl sites for hydroxylation is 2. The number of primary amides is 1. The number of nitrogens with zero attached hydrogens (tertiary/aromatic N) is 6. The smallest absolute Gasteiger partial charge is 0.350 e. The monoisotopic (exact) mass is 468 g/mol. The highest BCUT2D eigenvalue weighted by Crippen LogP contribution is 2.21. The first-order valence-corrected chi connectivity index (χ1v) is 10.6. The van der Waals surface area contributed by atoms with Gasteiger partial charge in [-0.1, -0.05) is 18.2 Å². The van der Waals surface area contributed by atoms with Crippen LogP contribution >= 0.6 is 0 Å². The number of carbonyl (C=O) groups is 2. The van der Waals surface area contributed by atoms with Crippen molar-refractivity contribution >= 4 is 23.0 Å². The Hall–Kier alpha value is -5.06. The topological polar surface area (TPSA) is 142 Å². The molecule has 0 radical (unpaired) electrons. The summed E-state index contributed by atoms with van der Waals surface area (Å²) in [6.45, 7) is 1.76. The SMILES string of the molecule is Cc1nn(C)c(=O)n1-c1ccc(-c2cn3c(C(=O)Nc4cccc(C(N)=O)c4)ncc3cn2)cc1. The summed E-state index contributed by atoms with van der Waals surface area (Å²) in [7, 11) is 1.60. The zero-order valence-electron chi connectivity index (χ0n) is 18.8. The lowest BCUT2D eigenvalue weighted by Gasteiger charge is -2.08. The number of aromatic nitrogens is 6. The van der Waals surface area contributed by atoms with E-state index >= 15 is 0 Å². The Balaban J connectivity index is 1.45. The number of hydrogen-bond acceptors (Lipinski definition) is 6. The summed E-state index contributed by atoms with van der Waals surface area (Å²) in [5, 5.41) is 6.89. The Morgan fingerprint density at radius 2 is 1.77 bits per heavy atom. The normalized spacial score (nSPS) is 11.0. The van der Waals surface area contributed by atoms with Gasteiger partial charge in [0.25, 0.3) is 5.91 Å². The van der Waals surface area contributed by atoms with E-state index in [-0.39, 0.29) is 17.1 Å². The molecule has 5 aromatic rings. The number of nitrogens with one attached hydrogen (secondary N) is 1. The summed E-state index contributed by atoms with van der Waals surface area (Å²) in [5.74, 6) is -0.300. The number of carbonyl (C=O) groups excluding carboxylic acids is 2. The molecule has 5 rings (SSSR count). The number of amides is 2. The van der Waals surface area contributed by atoms with Crippen molar-refractivity contribution in [1.82, 2.24) is 28.7 Å². The molecule has 2 amide bonds. The van der Waals surface area contributed by atoms with Gasteiger partial charge in [0, 0.05) is 30.1 Å². The largest absolute Gasteiger partial charge is 0.366 e. The molecule has 2 aromatic carbocycles. The van der Waals surface area contributed by atoms with Crippen LogP contribution in [0.2, 0.25) is 0 Å². The van der Waals surface area contributed by atoms with E-state index in [4.69, 9.17) is 5.73 Å². The van der Waals surface area contributed by atoms with E-state index in [1.165, 1.54) is 15.3 Å². The maximum Gasteiger partial charge on any atom is 0.350 e. The van der Waals surface area contributed by atoms with E-state index in [1.807, 2.05) is 24.3 Å². The minimum absolute atomic E-state index is 0.155. The zero-order valence-corrected chi connectivity index (χ0v) is 18.8. The van der Waals surface area contributed by atoms with Gasteiger partial charge in [0.15, 0.2) is 0 Å². The van der Waals surface area contributed by atoms with Gasteiger partial charge in [0.1, 0.15) is 5.82 Å². The Bertz CT molecular complexity index is 1660. The van der Waals surface area contributed by atoms with Crippen molar-refractivity contribution in [3.63, 3.8) is 0 Å². The van der Waals surface area contributed by atoms with Crippen molar-refractivity contribution in [2.45, 2.75) is 6.92 Å². The molecule has 3 heterocycles. The predicted molar refractivity (Wildman–Crippen MR) is 128 cm³/mol. The van der Waals surface area contributed by atoms with Gasteiger partial charge in [-0.2, -0.15) is 5.10 Å². The quantitative estimate of drug-likeness (QED) is 0.404. The first kappa shape index (κ1) is 21.8. The second-order valence-corrected chi connectivity index (χ2v) is 7.88. The van der Waals surface area contributed by atoms with Crippen LogP contribution in [0, 0.1) is 6.92 Å². The summed E-state index contributed by atoms with van der Waals surface area (Å²) >= 11 is 0. The number of anilines is 1. The third kappa shape index (κ3) is 3.95. The molecule has 0 atom stereocenters. The average molecular weight is 468 g/mol. The van der Waals surface area contributed by atoms with Crippen LogP contribution < -0.4 is 16.7 Å². The van der Waals surface area contributed by atoms with E-state index in [9.17, 15) is 14.4 Å². The lowest BCUT2D eigenvalue weighted by atomic mass is 10.1. The highest BCUT2D eigenvalue weighted by atomic mass is 16.2. The highest BCUT2D eigenvalue weighted by Gasteiger charge is 2.16. The second-order valence-electron chi connectivity index (χ2n) is 7.88. The minimum Gasteiger partial charge on any atom is -0.366 e. The van der Waals surface area contributed by atoms with Gasteiger partial charge >= 0.3 is 5.69 Å². The molecule has 174 valence electrons. The molecule has 0 aliphatic rings. The van der Waals surface area contributed by atoms with Crippen LogP contribution in [0.5, 0.6) is 0 Å². The number of imidazole rings is 1. The molecular formula is C24H20N8O3. The molecule has 0 aliphatic heterocycles. The summed E-state index contributed by atoms with van der Waals surface area (Å²) in [5.41, 5.74) is 8.53. The van der Waals surface area contributed by atoms with Crippen molar-refractivity contribution in [2.75, 3.05) is 5.32 Å². The van der Waals surface area contributed by atoms with Gasteiger partial charge in [0.05, 0.1) is 29.3 Å². The van der Waals surface area contributed by atoms with Crippen LogP contribution in [0.3, 0.4) is 0 Å². The number of benzene rings is 2. The predicted octanol–water partition coefficient (Wildman–Crippen LogP) is 1.94. The summed E-state index contributed by atoms with van der Waals surface area (Å²) < 4.78 is 4.44. The number of hydrogen-bond donors (Lipinski definition) is 2. The standard InChI is InChI=1S/C24H20N8O3/c1-14-29-30(2)24(35)32(14)18-8-6-15(7-9-18)20-13-31-19(11-26-20)12-27-22(31)23(34)28-17-5-3-4-16(10-17)21(25)33/h3-13H,1-2H3,(H2,25,33)(H,28,34). The molecule has 11 heteroatoms. The molecule has 0 saturated carbocycles. The van der Waals surface area contributed by atoms with Crippen molar-refractivity contribution < 1.29 is 9.59 Å². The maximum absolute atomic E-state index is 12.9. The van der Waals surface area contributed by atoms with Crippen molar-refractivity contribution in [3.05, 3.63) is 94.8 Å². The fraction of sp³-hybridized carbons (Fsp3) is 0.0833. The fourth-order valence-electron chi connectivity index (χ4n) is 3.82. The Morgan fingerprint density at radius 1 is 1.03 bits per heavy atom. The molecule has 3 N–H and O–H groups in total. The number of nitrogens with two attached hydrogens (primary N) is 1. The van der Waals surface area contributed by atoms with Gasteiger partial charge in [-0.15, -0.1) is 0 Å². The maximum atomic E-state index is 12.9. The Morgan fingerprint density at radius 3 is 2.46 bits per heavy atom. The first-order chi connectivity index (χ1) is 16.8. The van der Waals surface area contributed by atoms with Gasteiger partial charge in [-0.05, 0) is 37.3 Å². The van der Waals surface area contributed by atoms with Gasteiger partial charge in [0.2, 0.25) is 11.7 Å². The third-order valence-corrected chi connectivity index (χ3v) is 5.53. The van der Waals surface area contributed by atoms with Gasteiger partial charge in [-0.25, -0.2) is 19.0 Å². The van der Waals surface area contributed by atoms with Crippen LogP contribution in [0.15, 0.2) is 71.9 Å². The summed E-state index contributed by atoms with van der Waals surface area (Å²) in [6, 6.07) is 13.7. The molecule has 0 bridgehead atoms. The third-order valence-electron chi connectivity index (χ3n) is 5.53. The molecule has 35 heavy (non-hydrogen) atoms. The molecule has 0 fully saturated rings. The lowest BCUT2D eigenvalue weighted by Crippen LogP contribution is -2.21. The van der Waals surface area contributed by atoms with Gasteiger partial charge < -0.3 is 11.1 Å². The summed E-state index contributed by atoms with van der Waals surface area (Å²) in [4.78, 5) is 45.4. The average Bonchev–Trinajstić information content (AvgIpc) is 3.38. The van der Waals surface area contributed by atoms with Crippen LogP contribution in [0.1, 0.15) is 26.8 Å². The molecule has 0 spiro atoms. The molecule has 0 saturated heterocycles. The lowest BCUT2D eigenvalue weighted by molar-refractivity contribution is 0.0994. The number of fused-ring (bicyclic) bond motifs is 1. The van der Waals surface area contributed by atoms with Gasteiger partial charge in [-0.3, -0.25) is 19.0 Å². The Kier molecular flexibility index (Phi) is 5.21. The number of rotatable bonds is 5. The van der Waals surface area contributed by atoms with Crippen LogP contribution in [-0.4, -0.2) is 40.5 Å². The first-order valence-electron chi connectivity index (χ1n) is 10.6. The highest BCUT2D eigenvalue weighted by molar-refractivity contribution is 6.03. The summed E-state index contributed by atoms with van der Waals surface area (Å²) in [6.07, 6.45) is 4.89. The second kappa shape index (κ2) is 8.37. The van der Waals surface area contributed by atoms with E-state index < -0.39 is 11.8 Å². The van der Waals surface area contributed by atoms with E-state index in [2.05, 4.69) is 20.4 Å². The van der Waals surface area contributed by atoms with E-state index in [1.54, 1.807) is 55.2 Å². The van der Waals surface area contributed by atoms with Crippen LogP contribution in [-0.2, 0) is 7.05 Å². The molecule has 0 aliphatic carbocycles. The van der Waals surface area contributed by atoms with E-state index in [0.717, 1.165) is 5.56 Å². The molecule has 0 unspecified atom stereocenters. The fourth-order valence-corrected chi connectivity index (χ4v) is 3.82. The zero-order chi connectivity index (χ0) is 24.7. The van der Waals surface area contributed by atoms with Crippen molar-refractivity contribution in [2.24, 2.45) is 12.8 Å². The minimum atomic E-state index is -0.586. The van der Waals surface area contributed by atoms with Crippen molar-refractivity contribution in [1.29, 1.82) is 0 Å². The van der Waals surface area contributed by atoms with Crippen LogP contribution in [0.4, 0.5) is 5.69 Å².